The largest absolute Gasteiger partial charge is 0.358 e. The van der Waals surface area contributed by atoms with Gasteiger partial charge < -0.3 is 10.6 Å². The van der Waals surface area contributed by atoms with Gasteiger partial charge >= 0.3 is 0 Å². The number of carbonyl (C=O) groups excluding carboxylic acids is 1. The molecule has 0 aromatic heterocycles. The molecule has 4 nitrogen and oxygen atoms in total. The van der Waals surface area contributed by atoms with Crippen LogP contribution in [-0.2, 0) is 4.79 Å². The number of carbonyl (C=O) groups is 1. The van der Waals surface area contributed by atoms with Crippen LogP contribution >= 0.6 is 23.2 Å². The zero-order valence-corrected chi connectivity index (χ0v) is 14.5. The summed E-state index contributed by atoms with van der Waals surface area (Å²) in [6, 6.07) is 6.30. The Hall–Kier alpha value is -0.810. The average Bonchev–Trinajstić information content (AvgIpc) is 2.48. The summed E-state index contributed by atoms with van der Waals surface area (Å²) in [5.41, 5.74) is 1.10. The van der Waals surface area contributed by atoms with Gasteiger partial charge in [0.2, 0.25) is 5.91 Å². The maximum absolute atomic E-state index is 11.4. The molecule has 6 heteroatoms. The van der Waals surface area contributed by atoms with Crippen molar-refractivity contribution in [2.24, 2.45) is 0 Å². The van der Waals surface area contributed by atoms with Crippen LogP contribution in [0.2, 0.25) is 10.0 Å². The van der Waals surface area contributed by atoms with Crippen LogP contribution in [0.3, 0.4) is 0 Å². The minimum absolute atomic E-state index is 0.0772. The zero-order chi connectivity index (χ0) is 16.1. The lowest BCUT2D eigenvalue weighted by Crippen LogP contribution is -2.46. The van der Waals surface area contributed by atoms with Crippen molar-refractivity contribution in [3.05, 3.63) is 33.8 Å². The fourth-order valence-electron chi connectivity index (χ4n) is 2.81. The summed E-state index contributed by atoms with van der Waals surface area (Å²) in [6.45, 7) is 4.49. The van der Waals surface area contributed by atoms with Gasteiger partial charge in [-0.25, -0.2) is 0 Å². The third kappa shape index (κ3) is 5.13. The highest BCUT2D eigenvalue weighted by Crippen LogP contribution is 2.24. The number of benzene rings is 1. The molecule has 1 aliphatic rings. The van der Waals surface area contributed by atoms with Gasteiger partial charge in [-0.1, -0.05) is 23.2 Å². The number of likely N-dealkylation sites (N-methyl/N-ethyl adjacent to an activating group) is 1. The first-order chi connectivity index (χ1) is 10.5. The molecule has 122 valence electrons. The smallest absolute Gasteiger partial charge is 0.233 e. The second kappa shape index (κ2) is 8.16. The predicted octanol–water partition coefficient (Wildman–Crippen LogP) is 2.85. The number of hydrogen-bond donors (Lipinski definition) is 2. The van der Waals surface area contributed by atoms with E-state index < -0.39 is 0 Å². The highest BCUT2D eigenvalue weighted by atomic mass is 35.5. The van der Waals surface area contributed by atoms with Crippen LogP contribution in [0, 0.1) is 0 Å². The van der Waals surface area contributed by atoms with Crippen LogP contribution in [0.15, 0.2) is 18.2 Å². The Bertz CT molecular complexity index is 496. The summed E-state index contributed by atoms with van der Waals surface area (Å²) >= 11 is 12.1. The van der Waals surface area contributed by atoms with Gasteiger partial charge in [0.05, 0.1) is 6.54 Å². The third-order valence-electron chi connectivity index (χ3n) is 4.10. The molecule has 1 heterocycles. The molecule has 1 aromatic rings. The van der Waals surface area contributed by atoms with E-state index in [0.717, 1.165) is 31.5 Å². The molecule has 1 amide bonds. The van der Waals surface area contributed by atoms with E-state index in [1.165, 1.54) is 0 Å². The van der Waals surface area contributed by atoms with Gasteiger partial charge in [-0.05, 0) is 43.5 Å². The Labute approximate surface area is 142 Å². The van der Waals surface area contributed by atoms with Crippen LogP contribution in [0.5, 0.6) is 0 Å². The van der Waals surface area contributed by atoms with Crippen LogP contribution in [0.4, 0.5) is 0 Å². The fraction of sp³-hybridized carbons (Fsp3) is 0.562. The van der Waals surface area contributed by atoms with Gasteiger partial charge in [-0.15, -0.1) is 0 Å². The maximum Gasteiger partial charge on any atom is 0.233 e. The van der Waals surface area contributed by atoms with Crippen molar-refractivity contribution in [1.82, 2.24) is 15.5 Å². The standard InChI is InChI=1S/C16H23Cl2N3O/c1-11(12-7-13(17)9-14(18)8-12)20-15-3-5-21(6-4-15)10-16(22)19-2/h7-9,11,15,20H,3-6,10H2,1-2H3,(H,19,22)/t11-/m0/s1. The minimum Gasteiger partial charge on any atom is -0.358 e. The van der Waals surface area contributed by atoms with Gasteiger partial charge in [0.25, 0.3) is 0 Å². The topological polar surface area (TPSA) is 44.4 Å². The van der Waals surface area contributed by atoms with E-state index >= 15 is 0 Å². The van der Waals surface area contributed by atoms with Crippen molar-refractivity contribution in [3.8, 4) is 0 Å². The monoisotopic (exact) mass is 343 g/mol. The summed E-state index contributed by atoms with van der Waals surface area (Å²) in [5.74, 6) is 0.0772. The SMILES string of the molecule is CNC(=O)CN1CCC(N[C@@H](C)c2cc(Cl)cc(Cl)c2)CC1. The van der Waals surface area contributed by atoms with Crippen LogP contribution in [0.25, 0.3) is 0 Å². The van der Waals surface area contributed by atoms with Gasteiger partial charge in [-0.3, -0.25) is 9.69 Å². The molecule has 0 spiro atoms. The summed E-state index contributed by atoms with van der Waals surface area (Å²) in [7, 11) is 1.68. The lowest BCUT2D eigenvalue weighted by atomic mass is 10.0. The van der Waals surface area contributed by atoms with Gasteiger partial charge in [0.15, 0.2) is 0 Å². The average molecular weight is 344 g/mol. The Balaban J connectivity index is 1.83. The molecular weight excluding hydrogens is 321 g/mol. The number of hydrogen-bond acceptors (Lipinski definition) is 3. The van der Waals surface area contributed by atoms with Crippen LogP contribution in [-0.4, -0.2) is 43.5 Å². The van der Waals surface area contributed by atoms with E-state index in [4.69, 9.17) is 23.2 Å². The van der Waals surface area contributed by atoms with Crippen molar-refractivity contribution < 1.29 is 4.79 Å². The minimum atomic E-state index is 0.0772. The van der Waals surface area contributed by atoms with Crippen LogP contribution < -0.4 is 10.6 Å². The van der Waals surface area contributed by atoms with E-state index in [1.54, 1.807) is 13.1 Å². The Morgan fingerprint density at radius 2 is 1.86 bits per heavy atom. The van der Waals surface area contributed by atoms with Crippen molar-refractivity contribution in [2.75, 3.05) is 26.7 Å². The number of amides is 1. The molecule has 0 unspecified atom stereocenters. The molecule has 0 radical (unpaired) electrons. The van der Waals surface area contributed by atoms with Gasteiger partial charge in [0.1, 0.15) is 0 Å². The predicted molar refractivity (Wildman–Crippen MR) is 91.5 cm³/mol. The van der Waals surface area contributed by atoms with Crippen molar-refractivity contribution in [2.45, 2.75) is 31.8 Å². The van der Waals surface area contributed by atoms with E-state index in [2.05, 4.69) is 22.5 Å². The summed E-state index contributed by atoms with van der Waals surface area (Å²) in [5, 5.41) is 7.63. The molecule has 1 aromatic carbocycles. The van der Waals surface area contributed by atoms with Gasteiger partial charge in [0, 0.05) is 42.3 Å². The first-order valence-electron chi connectivity index (χ1n) is 7.63. The van der Waals surface area contributed by atoms with Crippen molar-refractivity contribution in [1.29, 1.82) is 0 Å². The number of halogens is 2. The Kier molecular flexibility index (Phi) is 6.50. The molecule has 0 aliphatic carbocycles. The first kappa shape index (κ1) is 17.5. The summed E-state index contributed by atoms with van der Waals surface area (Å²) in [4.78, 5) is 13.6. The van der Waals surface area contributed by atoms with E-state index in [1.807, 2.05) is 12.1 Å². The molecule has 1 fully saturated rings. The molecule has 0 bridgehead atoms. The van der Waals surface area contributed by atoms with Crippen LogP contribution in [0.1, 0.15) is 31.4 Å². The normalized spacial score (nSPS) is 18.2. The third-order valence-corrected chi connectivity index (χ3v) is 4.54. The summed E-state index contributed by atoms with van der Waals surface area (Å²) < 4.78 is 0. The molecule has 1 aliphatic heterocycles. The molecule has 2 N–H and O–H groups in total. The number of rotatable bonds is 5. The fourth-order valence-corrected chi connectivity index (χ4v) is 3.36. The zero-order valence-electron chi connectivity index (χ0n) is 13.0. The maximum atomic E-state index is 11.4. The quantitative estimate of drug-likeness (QED) is 0.863. The molecular formula is C16H23Cl2N3O. The Morgan fingerprint density at radius 1 is 1.27 bits per heavy atom. The van der Waals surface area contributed by atoms with E-state index in [9.17, 15) is 4.79 Å². The molecule has 0 saturated carbocycles. The first-order valence-corrected chi connectivity index (χ1v) is 8.38. The number of piperidine rings is 1. The van der Waals surface area contributed by atoms with Crippen molar-refractivity contribution in [3.63, 3.8) is 0 Å². The second-order valence-electron chi connectivity index (χ2n) is 5.81. The second-order valence-corrected chi connectivity index (χ2v) is 6.69. The van der Waals surface area contributed by atoms with E-state index in [-0.39, 0.29) is 11.9 Å². The molecule has 2 rings (SSSR count). The highest BCUT2D eigenvalue weighted by molar-refractivity contribution is 6.34. The molecule has 22 heavy (non-hydrogen) atoms. The molecule has 1 saturated heterocycles. The highest BCUT2D eigenvalue weighted by Gasteiger charge is 2.22. The number of nitrogens with one attached hydrogen (secondary N) is 2. The number of nitrogens with zero attached hydrogens (tertiary/aromatic N) is 1. The summed E-state index contributed by atoms with van der Waals surface area (Å²) in [6.07, 6.45) is 2.07. The molecule has 1 atom stereocenters. The Morgan fingerprint density at radius 3 is 2.41 bits per heavy atom. The van der Waals surface area contributed by atoms with E-state index in [0.29, 0.717) is 22.6 Å². The van der Waals surface area contributed by atoms with Gasteiger partial charge in [-0.2, -0.15) is 0 Å². The lowest BCUT2D eigenvalue weighted by molar-refractivity contribution is -0.122. The lowest BCUT2D eigenvalue weighted by Gasteiger charge is -2.33. The number of likely N-dealkylation sites (tertiary alicyclic amines) is 1. The van der Waals surface area contributed by atoms with Crippen molar-refractivity contribution >= 4 is 29.1 Å².